The van der Waals surface area contributed by atoms with Crippen LogP contribution in [0, 0.1) is 13.8 Å². The summed E-state index contributed by atoms with van der Waals surface area (Å²) in [5, 5.41) is 5.81. The van der Waals surface area contributed by atoms with E-state index in [0.717, 1.165) is 32.6 Å². The number of methoxy groups -OCH3 is 1. The lowest BCUT2D eigenvalue weighted by molar-refractivity contribution is -0.118. The highest BCUT2D eigenvalue weighted by Gasteiger charge is 2.14. The minimum atomic E-state index is -0.293. The lowest BCUT2D eigenvalue weighted by atomic mass is 10.1. The van der Waals surface area contributed by atoms with Crippen LogP contribution in [0.15, 0.2) is 40.2 Å². The van der Waals surface area contributed by atoms with Gasteiger partial charge in [-0.05, 0) is 59.1 Å². The second-order valence-electron chi connectivity index (χ2n) is 6.02. The number of amides is 1. The number of nitrogens with zero attached hydrogens (tertiary/aromatic N) is 1. The molecule has 0 aliphatic carbocycles. The van der Waals surface area contributed by atoms with Gasteiger partial charge in [0.1, 0.15) is 11.5 Å². The molecule has 0 bridgehead atoms. The highest BCUT2D eigenvalue weighted by Crippen LogP contribution is 2.36. The number of halogens is 2. The summed E-state index contributed by atoms with van der Waals surface area (Å²) < 4.78 is 11.8. The summed E-state index contributed by atoms with van der Waals surface area (Å²) >= 11 is 11.0. The molecular formula is C20H18BrClN2O3S. The van der Waals surface area contributed by atoms with Gasteiger partial charge < -0.3 is 9.47 Å². The summed E-state index contributed by atoms with van der Waals surface area (Å²) in [6.45, 7) is 3.65. The Labute approximate surface area is 180 Å². The highest BCUT2D eigenvalue weighted by molar-refractivity contribution is 9.10. The lowest BCUT2D eigenvalue weighted by Gasteiger charge is -2.12. The maximum atomic E-state index is 12.3. The average molecular weight is 482 g/mol. The Morgan fingerprint density at radius 1 is 1.29 bits per heavy atom. The van der Waals surface area contributed by atoms with Crippen molar-refractivity contribution in [2.24, 2.45) is 0 Å². The van der Waals surface area contributed by atoms with Crippen LogP contribution < -0.4 is 14.8 Å². The molecule has 8 heteroatoms. The number of carbonyl (C=O) groups is 1. The summed E-state index contributed by atoms with van der Waals surface area (Å²) in [4.78, 5) is 16.7. The molecule has 0 atom stereocenters. The molecule has 0 unspecified atom stereocenters. The van der Waals surface area contributed by atoms with E-state index >= 15 is 0 Å². The van der Waals surface area contributed by atoms with Crippen molar-refractivity contribution in [3.63, 3.8) is 0 Å². The molecule has 3 rings (SSSR count). The Morgan fingerprint density at radius 3 is 2.79 bits per heavy atom. The fourth-order valence-corrected chi connectivity index (χ4v) is 4.03. The first-order valence-corrected chi connectivity index (χ1v) is 10.4. The maximum Gasteiger partial charge on any atom is 0.264 e. The number of ether oxygens (including phenoxy) is 2. The smallest absolute Gasteiger partial charge is 0.264 e. The predicted octanol–water partition coefficient (Wildman–Crippen LogP) is 5.87. The first-order valence-electron chi connectivity index (χ1n) is 8.37. The van der Waals surface area contributed by atoms with Gasteiger partial charge >= 0.3 is 0 Å². The standard InChI is InChI=1S/C20H18BrClN2O3S/c1-11-8-16(18(21)12(2)19(11)22)27-9-17(25)24-20-23-14(10-28-20)13-6-4-5-7-15(13)26-3/h4-8,10H,9H2,1-3H3,(H,23,24,25). The normalized spacial score (nSPS) is 10.6. The van der Waals surface area contributed by atoms with Crippen molar-refractivity contribution in [2.75, 3.05) is 19.0 Å². The monoisotopic (exact) mass is 480 g/mol. The fraction of sp³-hybridized carbons (Fsp3) is 0.200. The Hall–Kier alpha value is -2.09. The van der Waals surface area contributed by atoms with Crippen LogP contribution in [0.3, 0.4) is 0 Å². The van der Waals surface area contributed by atoms with Crippen molar-refractivity contribution >= 4 is 49.9 Å². The molecule has 28 heavy (non-hydrogen) atoms. The van der Waals surface area contributed by atoms with Crippen LogP contribution in [0.5, 0.6) is 11.5 Å². The number of hydrogen-bond donors (Lipinski definition) is 1. The van der Waals surface area contributed by atoms with Gasteiger partial charge in [-0.1, -0.05) is 23.7 Å². The van der Waals surface area contributed by atoms with Gasteiger partial charge in [0.2, 0.25) is 0 Å². The van der Waals surface area contributed by atoms with Gasteiger partial charge in [0.05, 0.1) is 17.3 Å². The molecule has 0 spiro atoms. The van der Waals surface area contributed by atoms with Crippen LogP contribution in [0.2, 0.25) is 5.02 Å². The number of aromatic nitrogens is 1. The summed E-state index contributed by atoms with van der Waals surface area (Å²) in [5.74, 6) is 1.01. The first-order chi connectivity index (χ1) is 13.4. The molecule has 0 aliphatic heterocycles. The molecule has 146 valence electrons. The second kappa shape index (κ2) is 8.94. The largest absolute Gasteiger partial charge is 0.496 e. The zero-order chi connectivity index (χ0) is 20.3. The Morgan fingerprint density at radius 2 is 2.04 bits per heavy atom. The molecule has 2 aromatic carbocycles. The van der Waals surface area contributed by atoms with Crippen LogP contribution in [0.25, 0.3) is 11.3 Å². The third-order valence-corrected chi connectivity index (χ3v) is 6.39. The molecule has 5 nitrogen and oxygen atoms in total. The third kappa shape index (κ3) is 4.48. The Bertz CT molecular complexity index is 1020. The van der Waals surface area contributed by atoms with Crippen molar-refractivity contribution in [3.05, 3.63) is 56.3 Å². The zero-order valence-electron chi connectivity index (χ0n) is 15.5. The van der Waals surface area contributed by atoms with Gasteiger partial charge in [-0.15, -0.1) is 11.3 Å². The number of aryl methyl sites for hydroxylation is 1. The van der Waals surface area contributed by atoms with Crippen LogP contribution in [0.1, 0.15) is 11.1 Å². The van der Waals surface area contributed by atoms with Crippen molar-refractivity contribution in [1.29, 1.82) is 0 Å². The molecule has 1 N–H and O–H groups in total. The molecule has 0 saturated heterocycles. The van der Waals surface area contributed by atoms with Crippen molar-refractivity contribution in [2.45, 2.75) is 13.8 Å². The molecule has 3 aromatic rings. The summed E-state index contributed by atoms with van der Waals surface area (Å²) in [5.41, 5.74) is 3.37. The maximum absolute atomic E-state index is 12.3. The molecule has 1 amide bonds. The number of carbonyl (C=O) groups excluding carboxylic acids is 1. The number of rotatable bonds is 6. The summed E-state index contributed by atoms with van der Waals surface area (Å²) in [6, 6.07) is 9.40. The third-order valence-electron chi connectivity index (χ3n) is 4.06. The van der Waals surface area contributed by atoms with Gasteiger partial charge in [0, 0.05) is 16.0 Å². The Balaban J connectivity index is 1.66. The molecule has 1 aromatic heterocycles. The fourth-order valence-electron chi connectivity index (χ4n) is 2.62. The van der Waals surface area contributed by atoms with Crippen LogP contribution >= 0.6 is 38.9 Å². The summed E-state index contributed by atoms with van der Waals surface area (Å²) in [6.07, 6.45) is 0. The van der Waals surface area contributed by atoms with Gasteiger partial charge in [-0.25, -0.2) is 4.98 Å². The predicted molar refractivity (Wildman–Crippen MR) is 117 cm³/mol. The van der Waals surface area contributed by atoms with E-state index in [2.05, 4.69) is 26.2 Å². The van der Waals surface area contributed by atoms with E-state index in [1.807, 2.05) is 43.5 Å². The first kappa shape index (κ1) is 20.6. The number of thiazole rings is 1. The van der Waals surface area contributed by atoms with E-state index in [1.54, 1.807) is 13.2 Å². The Kier molecular flexibility index (Phi) is 6.59. The van der Waals surface area contributed by atoms with E-state index in [1.165, 1.54) is 11.3 Å². The van der Waals surface area contributed by atoms with Crippen LogP contribution in [-0.4, -0.2) is 24.6 Å². The van der Waals surface area contributed by atoms with Gasteiger partial charge in [-0.2, -0.15) is 0 Å². The lowest BCUT2D eigenvalue weighted by Crippen LogP contribution is -2.20. The molecule has 0 fully saturated rings. The van der Waals surface area contributed by atoms with E-state index < -0.39 is 0 Å². The average Bonchev–Trinajstić information content (AvgIpc) is 3.16. The summed E-state index contributed by atoms with van der Waals surface area (Å²) in [7, 11) is 1.61. The minimum Gasteiger partial charge on any atom is -0.496 e. The molecule has 0 aliphatic rings. The van der Waals surface area contributed by atoms with Crippen molar-refractivity contribution in [3.8, 4) is 22.8 Å². The second-order valence-corrected chi connectivity index (χ2v) is 8.05. The number of para-hydroxylation sites is 1. The van der Waals surface area contributed by atoms with E-state index in [9.17, 15) is 4.79 Å². The number of nitrogens with one attached hydrogen (secondary N) is 1. The number of anilines is 1. The van der Waals surface area contributed by atoms with Gasteiger partial charge in [0.15, 0.2) is 11.7 Å². The molecular weight excluding hydrogens is 464 g/mol. The SMILES string of the molecule is COc1ccccc1-c1csc(NC(=O)COc2cc(C)c(Cl)c(C)c2Br)n1. The van der Waals surface area contributed by atoms with E-state index in [4.69, 9.17) is 21.1 Å². The zero-order valence-corrected chi connectivity index (χ0v) is 18.7. The van der Waals surface area contributed by atoms with Crippen molar-refractivity contribution < 1.29 is 14.3 Å². The minimum absolute atomic E-state index is 0.136. The van der Waals surface area contributed by atoms with E-state index in [-0.39, 0.29) is 12.5 Å². The van der Waals surface area contributed by atoms with Crippen LogP contribution in [-0.2, 0) is 4.79 Å². The van der Waals surface area contributed by atoms with Crippen molar-refractivity contribution in [1.82, 2.24) is 4.98 Å². The topological polar surface area (TPSA) is 60.5 Å². The molecule has 0 saturated carbocycles. The highest BCUT2D eigenvalue weighted by atomic mass is 79.9. The van der Waals surface area contributed by atoms with E-state index in [0.29, 0.717) is 15.9 Å². The van der Waals surface area contributed by atoms with Gasteiger partial charge in [-0.3, -0.25) is 10.1 Å². The van der Waals surface area contributed by atoms with Gasteiger partial charge in [0.25, 0.3) is 5.91 Å². The van der Waals surface area contributed by atoms with Crippen LogP contribution in [0.4, 0.5) is 5.13 Å². The number of benzene rings is 2. The molecule has 0 radical (unpaired) electrons. The quantitative estimate of drug-likeness (QED) is 0.478. The number of hydrogen-bond acceptors (Lipinski definition) is 5. The molecule has 1 heterocycles.